The number of phenolic OH excluding ortho intramolecular Hbond substituents is 1. The summed E-state index contributed by atoms with van der Waals surface area (Å²) in [6, 6.07) is 12.9. The standard InChI is InChI=1S/C51H66N10O11/c1-6-27(3)43(48(68)57-39(21-31-23-53-37-14-10-8-12-34(31)37)47(67)58-40(51(71)72)22-32-24-54-38-15-11-9-13-35(32)38)60-49(69)44(28(4)7-2)61-50(70)45(29(5)62)59-42(65)26-55-41(64)25-56-46(66)36(52)20-30-16-18-33(63)19-17-30/h8-19,23-24,27-29,36,39-40,43-45,53-54,62-63H,6-7,20-22,25-26,52H2,1-5H3,(H,55,64)(H,56,66)(H,57,68)(H,58,67)(H,59,65)(H,60,69)(H,61,70)(H,71,72)/t27-,28-,29+,36-,39-,40-,43-,44-,45-/m0/s1. The number of aromatic hydroxyl groups is 1. The third-order valence-corrected chi connectivity index (χ3v) is 12.7. The van der Waals surface area contributed by atoms with Gasteiger partial charge in [-0.1, -0.05) is 89.1 Å². The second kappa shape index (κ2) is 25.9. The van der Waals surface area contributed by atoms with Crippen LogP contribution in [0, 0.1) is 11.8 Å². The predicted octanol–water partition coefficient (Wildman–Crippen LogP) is 0.924. The van der Waals surface area contributed by atoms with Gasteiger partial charge in [0, 0.05) is 47.0 Å². The number of amides is 7. The van der Waals surface area contributed by atoms with Crippen LogP contribution in [0.4, 0.5) is 0 Å². The van der Waals surface area contributed by atoms with E-state index >= 15 is 0 Å². The number of para-hydroxylation sites is 2. The van der Waals surface area contributed by atoms with Crippen LogP contribution >= 0.6 is 0 Å². The average molecular weight is 995 g/mol. The van der Waals surface area contributed by atoms with Gasteiger partial charge in [-0.3, -0.25) is 33.6 Å². The maximum Gasteiger partial charge on any atom is 0.326 e. The van der Waals surface area contributed by atoms with Gasteiger partial charge in [0.25, 0.3) is 0 Å². The van der Waals surface area contributed by atoms with Crippen molar-refractivity contribution in [3.05, 3.63) is 102 Å². The number of phenols is 1. The summed E-state index contributed by atoms with van der Waals surface area (Å²) in [6.45, 7) is 7.05. The number of hydrogen-bond donors (Lipinski definition) is 13. The van der Waals surface area contributed by atoms with Gasteiger partial charge < -0.3 is 68.2 Å². The minimum Gasteiger partial charge on any atom is -0.508 e. The highest BCUT2D eigenvalue weighted by Gasteiger charge is 2.37. The fourth-order valence-corrected chi connectivity index (χ4v) is 8.02. The van der Waals surface area contributed by atoms with Crippen LogP contribution in [0.3, 0.4) is 0 Å². The number of nitrogens with one attached hydrogen (secondary N) is 9. The summed E-state index contributed by atoms with van der Waals surface area (Å²) in [5, 5.41) is 49.8. The molecule has 7 amide bonds. The quantitative estimate of drug-likeness (QED) is 0.0368. The minimum atomic E-state index is -1.60. The molecule has 0 saturated carbocycles. The van der Waals surface area contributed by atoms with E-state index in [1.165, 1.54) is 19.1 Å². The van der Waals surface area contributed by atoms with E-state index in [0.717, 1.165) is 21.8 Å². The maximum absolute atomic E-state index is 14.4. The minimum absolute atomic E-state index is 0.0501. The molecule has 2 heterocycles. The van der Waals surface area contributed by atoms with Gasteiger partial charge in [-0.15, -0.1) is 0 Å². The molecule has 0 aliphatic rings. The number of carboxylic acids is 1. The molecule has 0 aliphatic heterocycles. The number of carbonyl (C=O) groups is 8. The molecule has 0 radical (unpaired) electrons. The molecule has 0 fully saturated rings. The molecule has 72 heavy (non-hydrogen) atoms. The van der Waals surface area contributed by atoms with Crippen molar-refractivity contribution in [2.75, 3.05) is 13.1 Å². The van der Waals surface area contributed by atoms with Crippen LogP contribution in [0.15, 0.2) is 85.2 Å². The van der Waals surface area contributed by atoms with E-state index in [-0.39, 0.29) is 25.0 Å². The Hall–Kier alpha value is -7.78. The molecular weight excluding hydrogens is 929 g/mol. The number of fused-ring (bicyclic) bond motifs is 2. The van der Waals surface area contributed by atoms with Crippen LogP contribution in [0.25, 0.3) is 21.8 Å². The molecule has 0 spiro atoms. The number of aromatic nitrogens is 2. The summed E-state index contributed by atoms with van der Waals surface area (Å²) in [6.07, 6.45) is 2.66. The molecule has 5 aromatic rings. The Balaban J connectivity index is 1.25. The van der Waals surface area contributed by atoms with Crippen molar-refractivity contribution >= 4 is 69.1 Å². The second-order valence-corrected chi connectivity index (χ2v) is 18.1. The Morgan fingerprint density at radius 3 is 1.54 bits per heavy atom. The molecule has 3 aromatic carbocycles. The van der Waals surface area contributed by atoms with E-state index in [1.54, 1.807) is 52.2 Å². The monoisotopic (exact) mass is 994 g/mol. The van der Waals surface area contributed by atoms with E-state index in [0.29, 0.717) is 29.5 Å². The third kappa shape index (κ3) is 15.1. The molecule has 0 aliphatic carbocycles. The number of aliphatic hydroxyl groups excluding tert-OH is 1. The molecule has 21 nitrogen and oxygen atoms in total. The third-order valence-electron chi connectivity index (χ3n) is 12.7. The number of benzene rings is 3. The lowest BCUT2D eigenvalue weighted by Gasteiger charge is -2.31. The Morgan fingerprint density at radius 1 is 0.556 bits per heavy atom. The number of nitrogens with two attached hydrogens (primary N) is 1. The number of rotatable bonds is 26. The maximum atomic E-state index is 14.4. The summed E-state index contributed by atoms with van der Waals surface area (Å²) < 4.78 is 0. The van der Waals surface area contributed by atoms with Crippen LogP contribution in [-0.4, -0.2) is 128 Å². The number of hydrogen-bond acceptors (Lipinski definition) is 11. The first-order chi connectivity index (χ1) is 34.3. The van der Waals surface area contributed by atoms with Gasteiger partial charge >= 0.3 is 5.97 Å². The van der Waals surface area contributed by atoms with E-state index in [4.69, 9.17) is 5.73 Å². The van der Waals surface area contributed by atoms with Gasteiger partial charge in [0.05, 0.1) is 25.2 Å². The zero-order valence-corrected chi connectivity index (χ0v) is 40.9. The number of H-pyrrole nitrogens is 2. The van der Waals surface area contributed by atoms with Gasteiger partial charge in [0.1, 0.15) is 36.0 Å². The second-order valence-electron chi connectivity index (χ2n) is 18.1. The molecule has 9 atom stereocenters. The average Bonchev–Trinajstić information content (AvgIpc) is 3.97. The molecule has 0 saturated heterocycles. The Bertz CT molecular complexity index is 2700. The van der Waals surface area contributed by atoms with E-state index in [1.807, 2.05) is 48.5 Å². The zero-order valence-electron chi connectivity index (χ0n) is 40.9. The van der Waals surface area contributed by atoms with Crippen LogP contribution in [-0.2, 0) is 57.6 Å². The summed E-state index contributed by atoms with van der Waals surface area (Å²) in [7, 11) is 0. The Labute approximate surface area is 416 Å². The first kappa shape index (κ1) is 55.2. The van der Waals surface area contributed by atoms with Crippen molar-refractivity contribution in [3.8, 4) is 5.75 Å². The van der Waals surface area contributed by atoms with Crippen LogP contribution < -0.4 is 43.0 Å². The van der Waals surface area contributed by atoms with Gasteiger partial charge in [-0.05, 0) is 66.1 Å². The van der Waals surface area contributed by atoms with E-state index in [9.17, 15) is 53.7 Å². The van der Waals surface area contributed by atoms with Gasteiger partial charge in [-0.25, -0.2) is 4.79 Å². The SMILES string of the molecule is CC[C@H](C)[C@H](NC(=O)[C@@H](NC(=O)CNC(=O)CNC(=O)[C@@H](N)Cc1ccc(O)cc1)[C@@H](C)O)C(=O)N[C@H](C(=O)N[C@@H](Cc1c[nH]c2ccccc12)C(=O)N[C@@H](Cc1c[nH]c2ccccc12)C(=O)O)[C@@H](C)CC. The van der Waals surface area contributed by atoms with Gasteiger partial charge in [0.15, 0.2) is 0 Å². The Kier molecular flexibility index (Phi) is 19.8. The molecular formula is C51H66N10O11. The molecule has 21 heteroatoms. The van der Waals surface area contributed by atoms with E-state index < -0.39 is 115 Å². The summed E-state index contributed by atoms with van der Waals surface area (Å²) in [4.78, 5) is 114. The van der Waals surface area contributed by atoms with Crippen LogP contribution in [0.1, 0.15) is 64.2 Å². The summed E-state index contributed by atoms with van der Waals surface area (Å²) >= 11 is 0. The largest absolute Gasteiger partial charge is 0.508 e. The number of aliphatic carboxylic acids is 1. The highest BCUT2D eigenvalue weighted by atomic mass is 16.4. The number of aliphatic hydroxyl groups is 1. The van der Waals surface area contributed by atoms with Gasteiger partial charge in [-0.2, -0.15) is 0 Å². The zero-order chi connectivity index (χ0) is 52.6. The van der Waals surface area contributed by atoms with Crippen molar-refractivity contribution in [2.45, 2.75) is 109 Å². The summed E-state index contributed by atoms with van der Waals surface area (Å²) in [5.41, 5.74) is 9.52. The predicted molar refractivity (Wildman–Crippen MR) is 268 cm³/mol. The first-order valence-corrected chi connectivity index (χ1v) is 23.9. The van der Waals surface area contributed by atoms with Crippen molar-refractivity contribution in [1.29, 1.82) is 0 Å². The lowest BCUT2D eigenvalue weighted by atomic mass is 9.94. The lowest BCUT2D eigenvalue weighted by molar-refractivity contribution is -0.142. The van der Waals surface area contributed by atoms with E-state index in [2.05, 4.69) is 47.2 Å². The fourth-order valence-electron chi connectivity index (χ4n) is 8.02. The van der Waals surface area contributed by atoms with Crippen molar-refractivity contribution in [2.24, 2.45) is 17.6 Å². The topological polar surface area (TPSA) is 339 Å². The Morgan fingerprint density at radius 2 is 1.03 bits per heavy atom. The van der Waals surface area contributed by atoms with Crippen molar-refractivity contribution in [3.63, 3.8) is 0 Å². The molecule has 0 unspecified atom stereocenters. The van der Waals surface area contributed by atoms with Crippen LogP contribution in [0.2, 0.25) is 0 Å². The van der Waals surface area contributed by atoms with Crippen molar-refractivity contribution < 1.29 is 53.7 Å². The fraction of sp³-hybridized carbons (Fsp3) is 0.412. The summed E-state index contributed by atoms with van der Waals surface area (Å²) in [5.74, 6) is -7.82. The first-order valence-electron chi connectivity index (χ1n) is 23.9. The van der Waals surface area contributed by atoms with Crippen molar-refractivity contribution in [1.82, 2.24) is 47.2 Å². The lowest BCUT2D eigenvalue weighted by Crippen LogP contribution is -2.62. The molecule has 386 valence electrons. The molecule has 5 rings (SSSR count). The molecule has 2 aromatic heterocycles. The molecule has 0 bridgehead atoms. The molecule has 14 N–H and O–H groups in total. The highest BCUT2D eigenvalue weighted by molar-refractivity contribution is 5.97. The number of carboxylic acid groups (broad SMARTS) is 1. The normalized spacial score (nSPS) is 15.0. The smallest absolute Gasteiger partial charge is 0.326 e. The number of carbonyl (C=O) groups excluding carboxylic acids is 7. The van der Waals surface area contributed by atoms with Crippen LogP contribution in [0.5, 0.6) is 5.75 Å². The highest BCUT2D eigenvalue weighted by Crippen LogP contribution is 2.22. The number of aromatic amines is 2. The van der Waals surface area contributed by atoms with Gasteiger partial charge in [0.2, 0.25) is 41.4 Å².